The summed E-state index contributed by atoms with van der Waals surface area (Å²) in [6.45, 7) is 0.687. The molecule has 4 nitrogen and oxygen atoms in total. The van der Waals surface area contributed by atoms with E-state index in [2.05, 4.69) is 16.4 Å². The quantitative estimate of drug-likeness (QED) is 0.678. The van der Waals surface area contributed by atoms with Gasteiger partial charge in [-0.25, -0.2) is 4.98 Å². The monoisotopic (exact) mass is 314 g/mol. The van der Waals surface area contributed by atoms with Crippen molar-refractivity contribution in [3.63, 3.8) is 0 Å². The Labute approximate surface area is 133 Å². The molecule has 0 bridgehead atoms. The molecule has 0 radical (unpaired) electrons. The number of furan rings is 1. The molecule has 0 aliphatic heterocycles. The Bertz CT molecular complexity index is 701. The van der Waals surface area contributed by atoms with Crippen LogP contribution in [0.3, 0.4) is 0 Å². The van der Waals surface area contributed by atoms with Crippen molar-refractivity contribution in [2.24, 2.45) is 0 Å². The minimum absolute atomic E-state index is 0.0701. The molecule has 0 atom stereocenters. The van der Waals surface area contributed by atoms with E-state index in [0.29, 0.717) is 19.4 Å². The Hall–Kier alpha value is -2.14. The third kappa shape index (κ3) is 3.95. The number of carbonyl (C=O) groups excluding carboxylic acids is 1. The third-order valence-corrected chi connectivity index (χ3v) is 4.50. The first-order valence-electron chi connectivity index (χ1n) is 7.45. The van der Waals surface area contributed by atoms with E-state index in [4.69, 9.17) is 4.42 Å². The lowest BCUT2D eigenvalue weighted by molar-refractivity contribution is -0.121. The van der Waals surface area contributed by atoms with Gasteiger partial charge in [0, 0.05) is 25.8 Å². The highest BCUT2D eigenvalue weighted by Gasteiger charge is 2.05. The van der Waals surface area contributed by atoms with Gasteiger partial charge in [-0.15, -0.1) is 11.3 Å². The van der Waals surface area contributed by atoms with Gasteiger partial charge in [0.1, 0.15) is 5.76 Å². The van der Waals surface area contributed by atoms with E-state index in [1.54, 1.807) is 17.6 Å². The SMILES string of the molecule is O=C(CCc1ccco1)NCCCc1nc2ccccc2s1. The number of amides is 1. The number of benzene rings is 1. The second-order valence-electron chi connectivity index (χ2n) is 5.11. The standard InChI is InChI=1S/C17H18N2O2S/c20-16(10-9-13-5-4-12-21-13)18-11-3-8-17-19-14-6-1-2-7-15(14)22-17/h1-2,4-7,12H,3,8-11H2,(H,18,20). The number of aryl methyl sites for hydroxylation is 2. The first kappa shape index (κ1) is 14.8. The lowest BCUT2D eigenvalue weighted by atomic mass is 10.2. The molecular weight excluding hydrogens is 296 g/mol. The largest absolute Gasteiger partial charge is 0.469 e. The van der Waals surface area contributed by atoms with Crippen molar-refractivity contribution < 1.29 is 9.21 Å². The molecular formula is C17H18N2O2S. The summed E-state index contributed by atoms with van der Waals surface area (Å²) in [6.07, 6.45) is 4.56. The first-order valence-corrected chi connectivity index (χ1v) is 8.26. The molecule has 0 aliphatic carbocycles. The van der Waals surface area contributed by atoms with Gasteiger partial charge in [-0.2, -0.15) is 0 Å². The second kappa shape index (κ2) is 7.22. The van der Waals surface area contributed by atoms with Crippen LogP contribution in [0.15, 0.2) is 47.1 Å². The van der Waals surface area contributed by atoms with E-state index in [1.165, 1.54) is 4.70 Å². The normalized spacial score (nSPS) is 10.9. The number of nitrogens with zero attached hydrogens (tertiary/aromatic N) is 1. The van der Waals surface area contributed by atoms with Crippen molar-refractivity contribution >= 4 is 27.5 Å². The smallest absolute Gasteiger partial charge is 0.220 e. The van der Waals surface area contributed by atoms with E-state index in [-0.39, 0.29) is 5.91 Å². The van der Waals surface area contributed by atoms with Gasteiger partial charge < -0.3 is 9.73 Å². The number of aromatic nitrogens is 1. The minimum Gasteiger partial charge on any atom is -0.469 e. The van der Waals surface area contributed by atoms with E-state index >= 15 is 0 Å². The summed E-state index contributed by atoms with van der Waals surface area (Å²) in [6, 6.07) is 11.9. The number of carbonyl (C=O) groups is 1. The van der Waals surface area contributed by atoms with Crippen LogP contribution in [0.4, 0.5) is 0 Å². The third-order valence-electron chi connectivity index (χ3n) is 3.41. The molecule has 3 aromatic rings. The van der Waals surface area contributed by atoms with E-state index in [1.807, 2.05) is 30.3 Å². The van der Waals surface area contributed by atoms with Crippen LogP contribution in [-0.4, -0.2) is 17.4 Å². The van der Waals surface area contributed by atoms with Gasteiger partial charge in [0.05, 0.1) is 21.5 Å². The fourth-order valence-electron chi connectivity index (χ4n) is 2.27. The molecule has 0 saturated heterocycles. The molecule has 0 aliphatic rings. The predicted octanol–water partition coefficient (Wildman–Crippen LogP) is 3.57. The number of rotatable bonds is 7. The van der Waals surface area contributed by atoms with Crippen molar-refractivity contribution in [3.8, 4) is 0 Å². The molecule has 1 aromatic carbocycles. The molecule has 3 rings (SSSR count). The van der Waals surface area contributed by atoms with Crippen LogP contribution < -0.4 is 5.32 Å². The Morgan fingerprint density at radius 3 is 2.91 bits per heavy atom. The zero-order valence-corrected chi connectivity index (χ0v) is 13.1. The van der Waals surface area contributed by atoms with Crippen LogP contribution in [0, 0.1) is 0 Å². The first-order chi connectivity index (χ1) is 10.8. The van der Waals surface area contributed by atoms with Crippen LogP contribution in [0.5, 0.6) is 0 Å². The molecule has 1 amide bonds. The maximum atomic E-state index is 11.7. The molecule has 114 valence electrons. The lowest BCUT2D eigenvalue weighted by Gasteiger charge is -2.03. The number of para-hydroxylation sites is 1. The molecule has 1 N–H and O–H groups in total. The van der Waals surface area contributed by atoms with Crippen LogP contribution in [0.25, 0.3) is 10.2 Å². The average molecular weight is 314 g/mol. The van der Waals surface area contributed by atoms with Crippen molar-refractivity contribution in [3.05, 3.63) is 53.4 Å². The maximum absolute atomic E-state index is 11.7. The van der Waals surface area contributed by atoms with Gasteiger partial charge >= 0.3 is 0 Å². The predicted molar refractivity (Wildman–Crippen MR) is 88.0 cm³/mol. The Morgan fingerprint density at radius 1 is 1.18 bits per heavy atom. The summed E-state index contributed by atoms with van der Waals surface area (Å²) in [5.74, 6) is 0.922. The molecule has 0 saturated carbocycles. The van der Waals surface area contributed by atoms with Crippen LogP contribution in [-0.2, 0) is 17.6 Å². The van der Waals surface area contributed by atoms with Gasteiger partial charge in [-0.3, -0.25) is 4.79 Å². The van der Waals surface area contributed by atoms with E-state index in [0.717, 1.165) is 29.1 Å². The highest BCUT2D eigenvalue weighted by Crippen LogP contribution is 2.22. The zero-order valence-electron chi connectivity index (χ0n) is 12.2. The lowest BCUT2D eigenvalue weighted by Crippen LogP contribution is -2.24. The summed E-state index contributed by atoms with van der Waals surface area (Å²) in [7, 11) is 0. The summed E-state index contributed by atoms with van der Waals surface area (Å²) >= 11 is 1.73. The second-order valence-corrected chi connectivity index (χ2v) is 6.22. The summed E-state index contributed by atoms with van der Waals surface area (Å²) in [5, 5.41) is 4.08. The highest BCUT2D eigenvalue weighted by molar-refractivity contribution is 7.18. The Balaban J connectivity index is 1.37. The molecule has 0 unspecified atom stereocenters. The molecule has 2 heterocycles. The van der Waals surface area contributed by atoms with Gasteiger partial charge in [0.15, 0.2) is 0 Å². The number of thiazole rings is 1. The zero-order chi connectivity index (χ0) is 15.2. The fourth-order valence-corrected chi connectivity index (χ4v) is 3.28. The van der Waals surface area contributed by atoms with E-state index < -0.39 is 0 Å². The molecule has 22 heavy (non-hydrogen) atoms. The van der Waals surface area contributed by atoms with Crippen LogP contribution in [0.2, 0.25) is 0 Å². The number of hydrogen-bond acceptors (Lipinski definition) is 4. The van der Waals surface area contributed by atoms with Crippen molar-refractivity contribution in [2.75, 3.05) is 6.54 Å². The molecule has 0 spiro atoms. The van der Waals surface area contributed by atoms with Crippen LogP contribution in [0.1, 0.15) is 23.6 Å². The van der Waals surface area contributed by atoms with Gasteiger partial charge in [-0.1, -0.05) is 12.1 Å². The van der Waals surface area contributed by atoms with Crippen molar-refractivity contribution in [1.29, 1.82) is 0 Å². The van der Waals surface area contributed by atoms with Gasteiger partial charge in [-0.05, 0) is 30.7 Å². The Kier molecular flexibility index (Phi) is 4.85. The summed E-state index contributed by atoms with van der Waals surface area (Å²) in [5.41, 5.74) is 1.06. The van der Waals surface area contributed by atoms with Crippen molar-refractivity contribution in [2.45, 2.75) is 25.7 Å². The van der Waals surface area contributed by atoms with Gasteiger partial charge in [0.25, 0.3) is 0 Å². The number of nitrogens with one attached hydrogen (secondary N) is 1. The number of fused-ring (bicyclic) bond motifs is 1. The molecule has 0 fully saturated rings. The number of hydrogen-bond donors (Lipinski definition) is 1. The Morgan fingerprint density at radius 2 is 2.09 bits per heavy atom. The van der Waals surface area contributed by atoms with E-state index in [9.17, 15) is 4.79 Å². The summed E-state index contributed by atoms with van der Waals surface area (Å²) in [4.78, 5) is 16.3. The molecule has 5 heteroatoms. The summed E-state index contributed by atoms with van der Waals surface area (Å²) < 4.78 is 6.43. The van der Waals surface area contributed by atoms with Crippen LogP contribution >= 0.6 is 11.3 Å². The highest BCUT2D eigenvalue weighted by atomic mass is 32.1. The van der Waals surface area contributed by atoms with Crippen molar-refractivity contribution in [1.82, 2.24) is 10.3 Å². The fraction of sp³-hybridized carbons (Fsp3) is 0.294. The van der Waals surface area contributed by atoms with Gasteiger partial charge in [0.2, 0.25) is 5.91 Å². The molecule has 2 aromatic heterocycles. The average Bonchev–Trinajstić information content (AvgIpc) is 3.18. The maximum Gasteiger partial charge on any atom is 0.220 e. The topological polar surface area (TPSA) is 55.1 Å². The minimum atomic E-state index is 0.0701.